The summed E-state index contributed by atoms with van der Waals surface area (Å²) < 4.78 is 1.54. The average Bonchev–Trinajstić information content (AvgIpc) is 2.78. The van der Waals surface area contributed by atoms with Gasteiger partial charge in [0.1, 0.15) is 11.4 Å². The number of hydrogen-bond donors (Lipinski definition) is 2. The molecule has 1 saturated heterocycles. The van der Waals surface area contributed by atoms with Crippen LogP contribution in [-0.4, -0.2) is 40.2 Å². The van der Waals surface area contributed by atoms with Gasteiger partial charge in [0.25, 0.3) is 0 Å². The first-order valence-corrected chi connectivity index (χ1v) is 7.65. The van der Waals surface area contributed by atoms with Gasteiger partial charge < -0.3 is 10.6 Å². The van der Waals surface area contributed by atoms with Crippen LogP contribution < -0.4 is 10.6 Å². The summed E-state index contributed by atoms with van der Waals surface area (Å²) in [6.07, 6.45) is 2.56. The summed E-state index contributed by atoms with van der Waals surface area (Å²) >= 11 is 0. The van der Waals surface area contributed by atoms with Crippen LogP contribution in [0.1, 0.15) is 30.7 Å². The van der Waals surface area contributed by atoms with Crippen LogP contribution in [-0.2, 0) is 11.3 Å². The number of nitrogens with one attached hydrogen (secondary N) is 2. The van der Waals surface area contributed by atoms with E-state index in [4.69, 9.17) is 0 Å². The Morgan fingerprint density at radius 3 is 2.91 bits per heavy atom. The van der Waals surface area contributed by atoms with Gasteiger partial charge in [0.2, 0.25) is 5.91 Å². The van der Waals surface area contributed by atoms with E-state index in [1.807, 2.05) is 0 Å². The maximum atomic E-state index is 11.9. The molecule has 22 heavy (non-hydrogen) atoms. The lowest BCUT2D eigenvalue weighted by Crippen LogP contribution is -2.38. The molecule has 8 nitrogen and oxygen atoms in total. The Labute approximate surface area is 129 Å². The first-order chi connectivity index (χ1) is 10.5. The lowest BCUT2D eigenvalue weighted by molar-refractivity contribution is -0.386. The van der Waals surface area contributed by atoms with Crippen molar-refractivity contribution in [1.29, 1.82) is 0 Å². The zero-order valence-electron chi connectivity index (χ0n) is 13.1. The van der Waals surface area contributed by atoms with Gasteiger partial charge in [-0.25, -0.2) is 0 Å². The Morgan fingerprint density at radius 2 is 2.32 bits per heavy atom. The summed E-state index contributed by atoms with van der Waals surface area (Å²) in [4.78, 5) is 22.4. The number of aromatic nitrogens is 2. The van der Waals surface area contributed by atoms with Crippen molar-refractivity contribution < 1.29 is 9.72 Å². The van der Waals surface area contributed by atoms with Crippen LogP contribution in [0.15, 0.2) is 0 Å². The molecule has 1 fully saturated rings. The predicted molar refractivity (Wildman–Crippen MR) is 81.6 cm³/mol. The number of hydrogen-bond acceptors (Lipinski definition) is 5. The standard InChI is InChI=1S/C14H23N5O3/c1-10-14(19(21)22)11(2)18(17-10)7-5-13(20)16-9-12-4-3-6-15-8-12/h12,15H,3-9H2,1-2H3,(H,16,20). The fourth-order valence-corrected chi connectivity index (χ4v) is 2.82. The number of piperidine rings is 1. The monoisotopic (exact) mass is 309 g/mol. The molecule has 1 atom stereocenters. The average molecular weight is 309 g/mol. The molecule has 0 radical (unpaired) electrons. The summed E-state index contributed by atoms with van der Waals surface area (Å²) in [7, 11) is 0. The summed E-state index contributed by atoms with van der Waals surface area (Å²) in [6.45, 7) is 6.31. The quantitative estimate of drug-likeness (QED) is 0.601. The Kier molecular flexibility index (Phi) is 5.48. The molecule has 1 amide bonds. The zero-order chi connectivity index (χ0) is 16.1. The molecule has 2 heterocycles. The molecule has 2 rings (SSSR count). The van der Waals surface area contributed by atoms with Crippen molar-refractivity contribution in [3.63, 3.8) is 0 Å². The largest absolute Gasteiger partial charge is 0.356 e. The van der Waals surface area contributed by atoms with E-state index in [2.05, 4.69) is 15.7 Å². The highest BCUT2D eigenvalue weighted by Crippen LogP contribution is 2.21. The van der Waals surface area contributed by atoms with Crippen molar-refractivity contribution in [1.82, 2.24) is 20.4 Å². The second-order valence-corrected chi connectivity index (χ2v) is 5.77. The van der Waals surface area contributed by atoms with Gasteiger partial charge in [0.05, 0.1) is 11.5 Å². The number of nitrogens with zero attached hydrogens (tertiary/aromatic N) is 3. The van der Waals surface area contributed by atoms with Crippen molar-refractivity contribution in [2.75, 3.05) is 19.6 Å². The van der Waals surface area contributed by atoms with E-state index in [9.17, 15) is 14.9 Å². The van der Waals surface area contributed by atoms with E-state index >= 15 is 0 Å². The van der Waals surface area contributed by atoms with E-state index in [-0.39, 0.29) is 18.0 Å². The number of amides is 1. The Hall–Kier alpha value is -1.96. The van der Waals surface area contributed by atoms with Gasteiger partial charge in [0, 0.05) is 13.0 Å². The molecule has 1 aliphatic heterocycles. The van der Waals surface area contributed by atoms with Gasteiger partial charge in [0.15, 0.2) is 0 Å². The molecule has 1 unspecified atom stereocenters. The Morgan fingerprint density at radius 1 is 1.55 bits per heavy atom. The van der Waals surface area contributed by atoms with E-state index in [1.54, 1.807) is 13.8 Å². The zero-order valence-corrected chi connectivity index (χ0v) is 13.1. The van der Waals surface area contributed by atoms with E-state index in [1.165, 1.54) is 4.68 Å². The van der Waals surface area contributed by atoms with Gasteiger partial charge in [-0.1, -0.05) is 0 Å². The van der Waals surface area contributed by atoms with Crippen LogP contribution in [0.25, 0.3) is 0 Å². The number of carbonyl (C=O) groups excluding carboxylic acids is 1. The van der Waals surface area contributed by atoms with Crippen LogP contribution in [0.5, 0.6) is 0 Å². The van der Waals surface area contributed by atoms with Gasteiger partial charge >= 0.3 is 5.69 Å². The van der Waals surface area contributed by atoms with Gasteiger partial charge in [-0.15, -0.1) is 0 Å². The second kappa shape index (κ2) is 7.35. The number of rotatable bonds is 6. The highest BCUT2D eigenvalue weighted by Gasteiger charge is 2.22. The molecule has 2 N–H and O–H groups in total. The van der Waals surface area contributed by atoms with Crippen molar-refractivity contribution >= 4 is 11.6 Å². The van der Waals surface area contributed by atoms with Crippen molar-refractivity contribution in [2.24, 2.45) is 5.92 Å². The summed E-state index contributed by atoms with van der Waals surface area (Å²) in [5, 5.41) is 21.3. The molecule has 0 bridgehead atoms. The molecule has 1 aromatic heterocycles. The molecule has 1 aliphatic rings. The van der Waals surface area contributed by atoms with Gasteiger partial charge in [-0.2, -0.15) is 5.10 Å². The van der Waals surface area contributed by atoms with Gasteiger partial charge in [-0.05, 0) is 45.7 Å². The SMILES string of the molecule is Cc1nn(CCC(=O)NCC2CCCNC2)c(C)c1[N+](=O)[O-]. The Bertz CT molecular complexity index is 549. The third-order valence-electron chi connectivity index (χ3n) is 4.06. The van der Waals surface area contributed by atoms with Crippen LogP contribution >= 0.6 is 0 Å². The van der Waals surface area contributed by atoms with Crippen LogP contribution in [0.2, 0.25) is 0 Å². The molecular weight excluding hydrogens is 286 g/mol. The normalized spacial score (nSPS) is 18.2. The number of nitro groups is 1. The van der Waals surface area contributed by atoms with E-state index < -0.39 is 4.92 Å². The minimum Gasteiger partial charge on any atom is -0.356 e. The molecule has 122 valence electrons. The minimum absolute atomic E-state index is 0.0358. The fraction of sp³-hybridized carbons (Fsp3) is 0.714. The summed E-state index contributed by atoms with van der Waals surface area (Å²) in [5.74, 6) is 0.452. The van der Waals surface area contributed by atoms with Crippen molar-refractivity contribution in [2.45, 2.75) is 39.7 Å². The topological polar surface area (TPSA) is 102 Å². The molecule has 0 saturated carbocycles. The van der Waals surface area contributed by atoms with Crippen molar-refractivity contribution in [3.8, 4) is 0 Å². The smallest absolute Gasteiger partial charge is 0.312 e. The molecule has 8 heteroatoms. The first kappa shape index (κ1) is 16.4. The third kappa shape index (κ3) is 4.03. The summed E-state index contributed by atoms with van der Waals surface area (Å²) in [6, 6.07) is 0. The fourth-order valence-electron chi connectivity index (χ4n) is 2.82. The van der Waals surface area contributed by atoms with Crippen LogP contribution in [0.3, 0.4) is 0 Å². The number of carbonyl (C=O) groups is 1. The third-order valence-corrected chi connectivity index (χ3v) is 4.06. The maximum absolute atomic E-state index is 11.9. The highest BCUT2D eigenvalue weighted by atomic mass is 16.6. The second-order valence-electron chi connectivity index (χ2n) is 5.77. The van der Waals surface area contributed by atoms with E-state index in [0.29, 0.717) is 30.4 Å². The molecule has 0 spiro atoms. The predicted octanol–water partition coefficient (Wildman–Crippen LogP) is 0.914. The number of aryl methyl sites for hydroxylation is 2. The highest BCUT2D eigenvalue weighted by molar-refractivity contribution is 5.75. The first-order valence-electron chi connectivity index (χ1n) is 7.65. The molecule has 0 aromatic carbocycles. The lowest BCUT2D eigenvalue weighted by Gasteiger charge is -2.22. The lowest BCUT2D eigenvalue weighted by atomic mass is 10.00. The molecule has 0 aliphatic carbocycles. The summed E-state index contributed by atoms with van der Waals surface area (Å²) in [5.41, 5.74) is 0.914. The van der Waals surface area contributed by atoms with Crippen molar-refractivity contribution in [3.05, 3.63) is 21.5 Å². The maximum Gasteiger partial charge on any atom is 0.312 e. The molecule has 1 aromatic rings. The minimum atomic E-state index is -0.426. The Balaban J connectivity index is 1.81. The van der Waals surface area contributed by atoms with Crippen LogP contribution in [0.4, 0.5) is 5.69 Å². The van der Waals surface area contributed by atoms with E-state index in [0.717, 1.165) is 25.9 Å². The van der Waals surface area contributed by atoms with Gasteiger partial charge in [-0.3, -0.25) is 19.6 Å². The van der Waals surface area contributed by atoms with Crippen LogP contribution in [0, 0.1) is 29.9 Å². The molecular formula is C14H23N5O3.